The zero-order valence-electron chi connectivity index (χ0n) is 17.8. The summed E-state index contributed by atoms with van der Waals surface area (Å²) in [6.07, 6.45) is 8.60. The molecule has 0 spiro atoms. The van der Waals surface area contributed by atoms with Crippen LogP contribution < -0.4 is 9.64 Å². The van der Waals surface area contributed by atoms with E-state index in [2.05, 4.69) is 49.1 Å². The van der Waals surface area contributed by atoms with Crippen LogP contribution in [-0.2, 0) is 0 Å². The molecule has 7 nitrogen and oxygen atoms in total. The quantitative estimate of drug-likeness (QED) is 0.706. The second-order valence-electron chi connectivity index (χ2n) is 8.30. The van der Waals surface area contributed by atoms with Gasteiger partial charge in [-0.1, -0.05) is 32.6 Å². The highest BCUT2D eigenvalue weighted by molar-refractivity contribution is 5.49. The molecule has 2 aliphatic rings. The van der Waals surface area contributed by atoms with Crippen LogP contribution in [-0.4, -0.2) is 58.4 Å². The Morgan fingerprint density at radius 3 is 2.41 bits per heavy atom. The van der Waals surface area contributed by atoms with E-state index in [1.807, 2.05) is 12.1 Å². The third-order valence-electron chi connectivity index (χ3n) is 6.49. The number of hydrogen-bond acceptors (Lipinski definition) is 6. The minimum atomic E-state index is 0.315. The zero-order chi connectivity index (χ0) is 20.1. The fraction of sp³-hybridized carbons (Fsp3) is 0.682. The van der Waals surface area contributed by atoms with E-state index in [9.17, 15) is 0 Å². The van der Waals surface area contributed by atoms with Crippen LogP contribution in [0, 0.1) is 0 Å². The number of methoxy groups -OCH3 is 1. The fourth-order valence-electron chi connectivity index (χ4n) is 4.84. The second kappa shape index (κ2) is 9.57. The van der Waals surface area contributed by atoms with Gasteiger partial charge in [0.25, 0.3) is 0 Å². The Morgan fingerprint density at radius 1 is 1.03 bits per heavy atom. The van der Waals surface area contributed by atoms with Gasteiger partial charge >= 0.3 is 0 Å². The molecule has 1 aromatic heterocycles. The molecule has 1 saturated carbocycles. The Morgan fingerprint density at radius 2 is 1.76 bits per heavy atom. The monoisotopic (exact) mass is 398 g/mol. The van der Waals surface area contributed by atoms with Crippen molar-refractivity contribution in [1.29, 1.82) is 0 Å². The molecular formula is C22H34N6O. The van der Waals surface area contributed by atoms with E-state index in [1.165, 1.54) is 37.8 Å². The first-order chi connectivity index (χ1) is 14.3. The number of ether oxygens (including phenoxy) is 1. The van der Waals surface area contributed by atoms with Crippen molar-refractivity contribution in [2.75, 3.05) is 38.2 Å². The molecule has 2 fully saturated rings. The number of nitrogens with zero attached hydrogens (tertiary/aromatic N) is 6. The van der Waals surface area contributed by atoms with Gasteiger partial charge in [-0.2, -0.15) is 0 Å². The third-order valence-corrected chi connectivity index (χ3v) is 6.49. The lowest BCUT2D eigenvalue weighted by Gasteiger charge is -2.40. The van der Waals surface area contributed by atoms with Crippen molar-refractivity contribution in [2.45, 2.75) is 64.0 Å². The minimum Gasteiger partial charge on any atom is -0.497 e. The molecule has 0 amide bonds. The Kier molecular flexibility index (Phi) is 6.64. The summed E-state index contributed by atoms with van der Waals surface area (Å²) < 4.78 is 7.45. The Labute approximate surface area is 174 Å². The normalized spacial score (nSPS) is 20.0. The van der Waals surface area contributed by atoms with Gasteiger partial charge in [0.15, 0.2) is 5.82 Å². The van der Waals surface area contributed by atoms with E-state index in [0.717, 1.165) is 50.6 Å². The predicted molar refractivity (Wildman–Crippen MR) is 114 cm³/mol. The van der Waals surface area contributed by atoms with E-state index >= 15 is 0 Å². The number of tetrazole rings is 1. The fourth-order valence-corrected chi connectivity index (χ4v) is 4.84. The topological polar surface area (TPSA) is 59.3 Å². The maximum Gasteiger partial charge on any atom is 0.168 e. The molecule has 2 aromatic rings. The highest BCUT2D eigenvalue weighted by Crippen LogP contribution is 2.32. The predicted octanol–water partition coefficient (Wildman–Crippen LogP) is 3.85. The number of aromatic nitrogens is 4. The molecule has 0 radical (unpaired) electrons. The summed E-state index contributed by atoms with van der Waals surface area (Å²) in [6, 6.07) is 9.19. The number of hydrogen-bond donors (Lipinski definition) is 0. The lowest BCUT2D eigenvalue weighted by Crippen LogP contribution is -2.48. The van der Waals surface area contributed by atoms with Crippen molar-refractivity contribution in [3.05, 3.63) is 30.1 Å². The average Bonchev–Trinajstić information content (AvgIpc) is 3.28. The molecule has 1 saturated heterocycles. The largest absolute Gasteiger partial charge is 0.497 e. The van der Waals surface area contributed by atoms with Gasteiger partial charge in [0.2, 0.25) is 0 Å². The van der Waals surface area contributed by atoms with Gasteiger partial charge in [-0.25, -0.2) is 4.68 Å². The summed E-state index contributed by atoms with van der Waals surface area (Å²) in [5.74, 6) is 1.99. The standard InChI is InChI=1S/C22H34N6O/c1-3-7-21(22-23-24-25-28(22)19-8-5-4-6-9-19)27-16-14-26(15-17-27)18-10-12-20(29-2)13-11-18/h10-13,19,21H,3-9,14-17H2,1-2H3. The third kappa shape index (κ3) is 4.55. The first kappa shape index (κ1) is 20.1. The maximum absolute atomic E-state index is 5.29. The molecule has 2 heterocycles. The van der Waals surface area contributed by atoms with Gasteiger partial charge in [0.1, 0.15) is 5.75 Å². The molecule has 1 unspecified atom stereocenters. The molecule has 0 bridgehead atoms. The van der Waals surface area contributed by atoms with Gasteiger partial charge in [-0.3, -0.25) is 4.90 Å². The average molecular weight is 399 g/mol. The van der Waals surface area contributed by atoms with Crippen LogP contribution in [0.15, 0.2) is 24.3 Å². The van der Waals surface area contributed by atoms with Gasteiger partial charge in [-0.15, -0.1) is 5.10 Å². The minimum absolute atomic E-state index is 0.315. The highest BCUT2D eigenvalue weighted by atomic mass is 16.5. The molecule has 1 aromatic carbocycles. The van der Waals surface area contributed by atoms with E-state index < -0.39 is 0 Å². The van der Waals surface area contributed by atoms with E-state index in [4.69, 9.17) is 4.74 Å². The van der Waals surface area contributed by atoms with E-state index in [-0.39, 0.29) is 0 Å². The van der Waals surface area contributed by atoms with Gasteiger partial charge in [-0.05, 0) is 54.0 Å². The molecule has 7 heteroatoms. The molecule has 4 rings (SSSR count). The van der Waals surface area contributed by atoms with Crippen LogP contribution in [0.5, 0.6) is 5.75 Å². The Bertz CT molecular complexity index is 747. The molecule has 1 atom stereocenters. The molecule has 158 valence electrons. The second-order valence-corrected chi connectivity index (χ2v) is 8.30. The number of rotatable bonds is 7. The van der Waals surface area contributed by atoms with Crippen LogP contribution in [0.3, 0.4) is 0 Å². The van der Waals surface area contributed by atoms with Crippen LogP contribution in [0.1, 0.15) is 69.8 Å². The zero-order valence-corrected chi connectivity index (χ0v) is 17.8. The molecular weight excluding hydrogens is 364 g/mol. The van der Waals surface area contributed by atoms with E-state index in [0.29, 0.717) is 12.1 Å². The highest BCUT2D eigenvalue weighted by Gasteiger charge is 2.31. The van der Waals surface area contributed by atoms with Crippen molar-refractivity contribution in [2.24, 2.45) is 0 Å². The molecule has 29 heavy (non-hydrogen) atoms. The van der Waals surface area contributed by atoms with Gasteiger partial charge in [0.05, 0.1) is 19.2 Å². The first-order valence-electron chi connectivity index (χ1n) is 11.2. The number of piperazine rings is 1. The van der Waals surface area contributed by atoms with Gasteiger partial charge < -0.3 is 9.64 Å². The summed E-state index contributed by atoms with van der Waals surface area (Å²) in [5, 5.41) is 13.0. The van der Waals surface area contributed by atoms with Crippen molar-refractivity contribution in [1.82, 2.24) is 25.1 Å². The smallest absolute Gasteiger partial charge is 0.168 e. The maximum atomic E-state index is 5.29. The van der Waals surface area contributed by atoms with Crippen molar-refractivity contribution < 1.29 is 4.74 Å². The Hall–Kier alpha value is -2.15. The van der Waals surface area contributed by atoms with Crippen LogP contribution in [0.25, 0.3) is 0 Å². The molecule has 1 aliphatic heterocycles. The lowest BCUT2D eigenvalue weighted by atomic mass is 9.95. The van der Waals surface area contributed by atoms with Crippen LogP contribution in [0.2, 0.25) is 0 Å². The lowest BCUT2D eigenvalue weighted by molar-refractivity contribution is 0.158. The van der Waals surface area contributed by atoms with E-state index in [1.54, 1.807) is 7.11 Å². The SMILES string of the molecule is CCCC(c1nnnn1C1CCCCC1)N1CCN(c2ccc(OC)cc2)CC1. The summed E-state index contributed by atoms with van der Waals surface area (Å²) in [4.78, 5) is 5.05. The summed E-state index contributed by atoms with van der Waals surface area (Å²) >= 11 is 0. The van der Waals surface area contributed by atoms with Crippen molar-refractivity contribution >= 4 is 5.69 Å². The number of benzene rings is 1. The van der Waals surface area contributed by atoms with Gasteiger partial charge in [0, 0.05) is 31.9 Å². The summed E-state index contributed by atoms with van der Waals surface area (Å²) in [7, 11) is 1.71. The number of anilines is 1. The molecule has 1 aliphatic carbocycles. The van der Waals surface area contributed by atoms with Crippen LogP contribution in [0.4, 0.5) is 5.69 Å². The Balaban J connectivity index is 1.44. The van der Waals surface area contributed by atoms with Crippen molar-refractivity contribution in [3.63, 3.8) is 0 Å². The first-order valence-corrected chi connectivity index (χ1v) is 11.2. The van der Waals surface area contributed by atoms with Crippen molar-refractivity contribution in [3.8, 4) is 5.75 Å². The molecule has 0 N–H and O–H groups in total. The summed E-state index contributed by atoms with van der Waals surface area (Å²) in [5.41, 5.74) is 1.27. The van der Waals surface area contributed by atoms with Crippen LogP contribution >= 0.6 is 0 Å². The summed E-state index contributed by atoms with van der Waals surface area (Å²) in [6.45, 7) is 6.38.